The first-order valence-electron chi connectivity index (χ1n) is 6.45. The summed E-state index contributed by atoms with van der Waals surface area (Å²) in [5.74, 6) is -1.61. The van der Waals surface area contributed by atoms with Crippen LogP contribution in [0, 0.1) is 0 Å². The number of carboxylic acid groups (broad SMARTS) is 1. The molecule has 23 heavy (non-hydrogen) atoms. The van der Waals surface area contributed by atoms with Gasteiger partial charge in [-0.2, -0.15) is 0 Å². The molecule has 0 spiro atoms. The van der Waals surface area contributed by atoms with Gasteiger partial charge in [0.15, 0.2) is 14.7 Å². The van der Waals surface area contributed by atoms with Crippen molar-refractivity contribution in [2.24, 2.45) is 0 Å². The Balaban J connectivity index is 2.13. The molecular weight excluding hydrogens is 340 g/mol. The smallest absolute Gasteiger partial charge is 0.349 e. The molecule has 120 valence electrons. The summed E-state index contributed by atoms with van der Waals surface area (Å²) in [6.07, 6.45) is 2.66. The van der Waals surface area contributed by atoms with Gasteiger partial charge in [0.05, 0.1) is 16.8 Å². The third-order valence-corrected chi connectivity index (χ3v) is 5.14. The molecule has 0 aliphatic carbocycles. The maximum absolute atomic E-state index is 11.4. The van der Waals surface area contributed by atoms with E-state index in [1.807, 2.05) is 0 Å². The highest BCUT2D eigenvalue weighted by molar-refractivity contribution is 7.89. The number of carbonyl (C=O) groups is 1. The Labute approximate surface area is 135 Å². The van der Waals surface area contributed by atoms with E-state index in [9.17, 15) is 18.3 Å². The summed E-state index contributed by atoms with van der Waals surface area (Å²) in [5, 5.41) is 19.2. The number of rotatable bonds is 4. The van der Waals surface area contributed by atoms with Gasteiger partial charge in [0, 0.05) is 12.3 Å². The molecule has 0 aliphatic heterocycles. The molecule has 0 saturated heterocycles. The fourth-order valence-electron chi connectivity index (χ4n) is 2.26. The molecule has 0 radical (unpaired) electrons. The first-order valence-corrected chi connectivity index (χ1v) is 9.32. The van der Waals surface area contributed by atoms with Gasteiger partial charge < -0.3 is 10.2 Å². The molecule has 3 aromatic rings. The van der Waals surface area contributed by atoms with E-state index in [4.69, 9.17) is 5.11 Å². The van der Waals surface area contributed by atoms with Crippen LogP contribution in [-0.4, -0.2) is 40.4 Å². The van der Waals surface area contributed by atoms with Gasteiger partial charge in [-0.1, -0.05) is 6.07 Å². The molecular formula is C14H12N2O5S2. The van der Waals surface area contributed by atoms with Gasteiger partial charge in [-0.15, -0.1) is 11.3 Å². The van der Waals surface area contributed by atoms with Crippen LogP contribution in [0.5, 0.6) is 5.75 Å². The Kier molecular flexibility index (Phi) is 3.61. The minimum absolute atomic E-state index is 0.0931. The molecule has 1 aromatic carbocycles. The summed E-state index contributed by atoms with van der Waals surface area (Å²) < 4.78 is 24.5. The Morgan fingerprint density at radius 1 is 1.35 bits per heavy atom. The van der Waals surface area contributed by atoms with Gasteiger partial charge in [-0.05, 0) is 17.7 Å². The molecule has 0 fully saturated rings. The average Bonchev–Trinajstić information content (AvgIpc) is 2.99. The second kappa shape index (κ2) is 5.36. The topological polar surface area (TPSA) is 109 Å². The normalized spacial score (nSPS) is 11.9. The Bertz CT molecular complexity index is 1020. The monoisotopic (exact) mass is 352 g/mol. The van der Waals surface area contributed by atoms with Crippen LogP contribution in [0.25, 0.3) is 16.0 Å². The van der Waals surface area contributed by atoms with Gasteiger partial charge in [-0.25, -0.2) is 18.2 Å². The first-order chi connectivity index (χ1) is 10.7. The van der Waals surface area contributed by atoms with Gasteiger partial charge in [0.25, 0.3) is 0 Å². The molecule has 2 aromatic heterocycles. The number of hydrogen-bond acceptors (Lipinski definition) is 6. The standard InChI is InChI=1S/C14H12N2O5S2/c1-23(20,21)6-8-2-3-9-10(4-8)16(7-15-9)12-5-11(17)13(22-12)14(18)19/h2-5,7,17H,6H2,1H3,(H,18,19). The molecule has 0 saturated carbocycles. The van der Waals surface area contributed by atoms with Crippen molar-refractivity contribution in [3.8, 4) is 10.8 Å². The van der Waals surface area contributed by atoms with E-state index in [2.05, 4.69) is 4.98 Å². The Morgan fingerprint density at radius 2 is 2.09 bits per heavy atom. The van der Waals surface area contributed by atoms with Crippen LogP contribution in [0.1, 0.15) is 15.2 Å². The number of sulfone groups is 1. The van der Waals surface area contributed by atoms with Crippen LogP contribution >= 0.6 is 11.3 Å². The van der Waals surface area contributed by atoms with Crippen LogP contribution in [-0.2, 0) is 15.6 Å². The minimum atomic E-state index is -3.16. The number of aromatic carboxylic acids is 1. The number of benzene rings is 1. The van der Waals surface area contributed by atoms with Crippen LogP contribution in [0.3, 0.4) is 0 Å². The summed E-state index contributed by atoms with van der Waals surface area (Å²) in [7, 11) is -3.16. The Hall–Kier alpha value is -2.39. The van der Waals surface area contributed by atoms with Crippen molar-refractivity contribution < 1.29 is 23.4 Å². The van der Waals surface area contributed by atoms with Crippen molar-refractivity contribution in [2.45, 2.75) is 5.75 Å². The van der Waals surface area contributed by atoms with Crippen molar-refractivity contribution in [3.63, 3.8) is 0 Å². The zero-order valence-electron chi connectivity index (χ0n) is 11.9. The summed E-state index contributed by atoms with van der Waals surface area (Å²) in [4.78, 5) is 15.1. The zero-order chi connectivity index (χ0) is 16.8. The fourth-order valence-corrected chi connectivity index (χ4v) is 3.92. The first kappa shape index (κ1) is 15.5. The molecule has 9 heteroatoms. The number of imidazole rings is 1. The number of nitrogens with zero attached hydrogens (tertiary/aromatic N) is 2. The zero-order valence-corrected chi connectivity index (χ0v) is 13.6. The van der Waals surface area contributed by atoms with E-state index >= 15 is 0 Å². The lowest BCUT2D eigenvalue weighted by molar-refractivity contribution is 0.0699. The van der Waals surface area contributed by atoms with Crippen LogP contribution < -0.4 is 0 Å². The number of fused-ring (bicyclic) bond motifs is 1. The fraction of sp³-hybridized carbons (Fsp3) is 0.143. The second-order valence-electron chi connectivity index (χ2n) is 5.11. The van der Waals surface area contributed by atoms with Gasteiger partial charge in [0.2, 0.25) is 0 Å². The molecule has 0 aliphatic rings. The van der Waals surface area contributed by atoms with Crippen LogP contribution in [0.2, 0.25) is 0 Å². The van der Waals surface area contributed by atoms with Crippen molar-refractivity contribution in [3.05, 3.63) is 41.0 Å². The Morgan fingerprint density at radius 3 is 2.70 bits per heavy atom. The predicted octanol–water partition coefficient (Wildman–Crippen LogP) is 2.04. The summed E-state index contributed by atoms with van der Waals surface area (Å²) >= 11 is 0.914. The number of aromatic nitrogens is 2. The minimum Gasteiger partial charge on any atom is -0.506 e. The van der Waals surface area contributed by atoms with E-state index < -0.39 is 15.8 Å². The van der Waals surface area contributed by atoms with Crippen LogP contribution in [0.4, 0.5) is 0 Å². The van der Waals surface area contributed by atoms with Crippen molar-refractivity contribution >= 4 is 38.2 Å². The molecule has 0 bridgehead atoms. The highest BCUT2D eigenvalue weighted by Crippen LogP contribution is 2.32. The molecule has 2 heterocycles. The molecule has 0 atom stereocenters. The van der Waals surface area contributed by atoms with E-state index in [-0.39, 0.29) is 16.4 Å². The molecule has 3 rings (SSSR count). The highest BCUT2D eigenvalue weighted by Gasteiger charge is 2.17. The highest BCUT2D eigenvalue weighted by atomic mass is 32.2. The lowest BCUT2D eigenvalue weighted by atomic mass is 10.2. The van der Waals surface area contributed by atoms with Crippen molar-refractivity contribution in [1.82, 2.24) is 9.55 Å². The lowest BCUT2D eigenvalue weighted by Crippen LogP contribution is -2.00. The third kappa shape index (κ3) is 3.06. The predicted molar refractivity (Wildman–Crippen MR) is 86.1 cm³/mol. The third-order valence-electron chi connectivity index (χ3n) is 3.17. The molecule has 0 unspecified atom stereocenters. The number of aromatic hydroxyl groups is 1. The van der Waals surface area contributed by atoms with Gasteiger partial charge in [0.1, 0.15) is 17.1 Å². The molecule has 7 nitrogen and oxygen atoms in total. The van der Waals surface area contributed by atoms with E-state index in [0.29, 0.717) is 21.6 Å². The maximum atomic E-state index is 11.4. The van der Waals surface area contributed by atoms with Gasteiger partial charge >= 0.3 is 5.97 Å². The van der Waals surface area contributed by atoms with Crippen molar-refractivity contribution in [2.75, 3.05) is 6.26 Å². The summed E-state index contributed by atoms with van der Waals surface area (Å²) in [5.41, 5.74) is 1.90. The lowest BCUT2D eigenvalue weighted by Gasteiger charge is -2.03. The number of carboxylic acids is 1. The van der Waals surface area contributed by atoms with Crippen molar-refractivity contribution in [1.29, 1.82) is 0 Å². The molecule has 2 N–H and O–H groups in total. The second-order valence-corrected chi connectivity index (χ2v) is 8.28. The van der Waals surface area contributed by atoms with E-state index in [1.165, 1.54) is 12.4 Å². The average molecular weight is 352 g/mol. The van der Waals surface area contributed by atoms with Crippen LogP contribution in [0.15, 0.2) is 30.6 Å². The number of thiophene rings is 1. The molecule has 0 amide bonds. The summed E-state index contributed by atoms with van der Waals surface area (Å²) in [6.45, 7) is 0. The number of hydrogen-bond donors (Lipinski definition) is 2. The van der Waals surface area contributed by atoms with E-state index in [0.717, 1.165) is 17.6 Å². The quantitative estimate of drug-likeness (QED) is 0.743. The van der Waals surface area contributed by atoms with E-state index in [1.54, 1.807) is 22.8 Å². The summed E-state index contributed by atoms with van der Waals surface area (Å²) in [6, 6.07) is 6.44. The maximum Gasteiger partial charge on any atom is 0.349 e. The largest absolute Gasteiger partial charge is 0.506 e. The van der Waals surface area contributed by atoms with Gasteiger partial charge in [-0.3, -0.25) is 4.57 Å². The SMILES string of the molecule is CS(=O)(=O)Cc1ccc2ncn(-c3cc(O)c(C(=O)O)s3)c2c1.